The number of nitrogens with one attached hydrogen (secondary N) is 2. The molecule has 1 heterocycles. The van der Waals surface area contributed by atoms with Crippen LogP contribution in [0, 0.1) is 0 Å². The highest BCUT2D eigenvalue weighted by atomic mass is 16.5. The molecule has 1 amide bonds. The molecule has 0 spiro atoms. The number of nitrogens with zero attached hydrogens (tertiary/aromatic N) is 1. The number of carbonyl (C=O) groups excluding carboxylic acids is 1. The number of methoxy groups -OCH3 is 1. The molecule has 33 heavy (non-hydrogen) atoms. The fourth-order valence-corrected chi connectivity index (χ4v) is 5.45. The molecule has 1 aliphatic heterocycles. The second kappa shape index (κ2) is 10.0. The van der Waals surface area contributed by atoms with Gasteiger partial charge in [0.1, 0.15) is 0 Å². The fourth-order valence-electron chi connectivity index (χ4n) is 5.45. The van der Waals surface area contributed by atoms with Gasteiger partial charge in [-0.1, -0.05) is 60.7 Å². The van der Waals surface area contributed by atoms with E-state index >= 15 is 0 Å². The minimum absolute atomic E-state index is 0.102. The van der Waals surface area contributed by atoms with Crippen LogP contribution in [0.1, 0.15) is 23.1 Å². The summed E-state index contributed by atoms with van der Waals surface area (Å²) in [7, 11) is 1.66. The lowest BCUT2D eigenvalue weighted by atomic mass is 10.1. The maximum atomic E-state index is 13.1. The van der Waals surface area contributed by atoms with E-state index in [1.165, 1.54) is 27.5 Å². The van der Waals surface area contributed by atoms with Gasteiger partial charge in [-0.05, 0) is 52.8 Å². The highest BCUT2D eigenvalue weighted by molar-refractivity contribution is 5.83. The Morgan fingerprint density at radius 3 is 2.48 bits per heavy atom. The molecular formula is C28H33N3O2. The summed E-state index contributed by atoms with van der Waals surface area (Å²) in [4.78, 5) is 15.5. The smallest absolute Gasteiger partial charge is 0.237 e. The Kier molecular flexibility index (Phi) is 6.72. The number of fused-ring (bicyclic) bond motifs is 2. The van der Waals surface area contributed by atoms with Crippen LogP contribution in [0.5, 0.6) is 0 Å². The largest absolute Gasteiger partial charge is 0.383 e. The Labute approximate surface area is 196 Å². The van der Waals surface area contributed by atoms with Crippen molar-refractivity contribution in [3.63, 3.8) is 0 Å². The number of carbonyl (C=O) groups is 1. The first-order valence-corrected chi connectivity index (χ1v) is 12.0. The molecule has 5 heteroatoms. The maximum Gasteiger partial charge on any atom is 0.237 e. The van der Waals surface area contributed by atoms with Gasteiger partial charge in [-0.15, -0.1) is 0 Å². The second-order valence-corrected chi connectivity index (χ2v) is 9.32. The highest BCUT2D eigenvalue weighted by Gasteiger charge is 2.41. The van der Waals surface area contributed by atoms with E-state index in [0.29, 0.717) is 25.2 Å². The molecule has 2 atom stereocenters. The SMILES string of the molecule is COCCNC(=O)[C@@H]1C[C@H](NCc2ccc3ccccc3c2)CN1C1Cc2ccccc2C1. The number of rotatable bonds is 8. The number of ether oxygens (including phenoxy) is 1. The Balaban J connectivity index is 1.26. The second-order valence-electron chi connectivity index (χ2n) is 9.32. The molecule has 5 rings (SSSR count). The van der Waals surface area contributed by atoms with Crippen molar-refractivity contribution in [3.8, 4) is 0 Å². The van der Waals surface area contributed by atoms with Gasteiger partial charge in [-0.3, -0.25) is 9.69 Å². The minimum Gasteiger partial charge on any atom is -0.383 e. The average molecular weight is 444 g/mol. The summed E-state index contributed by atoms with van der Waals surface area (Å²) in [5, 5.41) is 9.36. The van der Waals surface area contributed by atoms with E-state index in [2.05, 4.69) is 82.3 Å². The third-order valence-corrected chi connectivity index (χ3v) is 7.15. The van der Waals surface area contributed by atoms with Crippen LogP contribution >= 0.6 is 0 Å². The predicted octanol–water partition coefficient (Wildman–Crippen LogP) is 3.30. The standard InChI is InChI=1S/C28H33N3O2/c1-33-13-12-29-28(32)27-17-25(19-31(27)26-15-23-8-4-5-9-24(23)16-26)30-18-20-10-11-21-6-2-3-7-22(21)14-20/h2-11,14,25-27,30H,12-13,15-19H2,1H3,(H,29,32)/t25-,27-/m0/s1. The molecule has 3 aromatic carbocycles. The van der Waals surface area contributed by atoms with Crippen molar-refractivity contribution in [3.05, 3.63) is 83.4 Å². The predicted molar refractivity (Wildman–Crippen MR) is 132 cm³/mol. The molecule has 0 bridgehead atoms. The Hall–Kier alpha value is -2.73. The van der Waals surface area contributed by atoms with Crippen molar-refractivity contribution >= 4 is 16.7 Å². The number of benzene rings is 3. The first kappa shape index (κ1) is 22.1. The topological polar surface area (TPSA) is 53.6 Å². The third-order valence-electron chi connectivity index (χ3n) is 7.15. The third kappa shape index (κ3) is 4.96. The monoisotopic (exact) mass is 443 g/mol. The van der Waals surface area contributed by atoms with Crippen LogP contribution in [0.15, 0.2) is 66.7 Å². The highest BCUT2D eigenvalue weighted by Crippen LogP contribution is 2.31. The summed E-state index contributed by atoms with van der Waals surface area (Å²) >= 11 is 0. The molecule has 1 fully saturated rings. The van der Waals surface area contributed by atoms with Gasteiger partial charge in [-0.2, -0.15) is 0 Å². The van der Waals surface area contributed by atoms with Crippen molar-refractivity contribution in [1.82, 2.24) is 15.5 Å². The molecular weight excluding hydrogens is 410 g/mol. The normalized spacial score (nSPS) is 20.9. The van der Waals surface area contributed by atoms with E-state index in [-0.39, 0.29) is 11.9 Å². The fraction of sp³-hybridized carbons (Fsp3) is 0.393. The van der Waals surface area contributed by atoms with Crippen LogP contribution in [0.25, 0.3) is 10.8 Å². The van der Waals surface area contributed by atoms with Crippen LogP contribution in [0.4, 0.5) is 0 Å². The first-order chi connectivity index (χ1) is 16.2. The Morgan fingerprint density at radius 2 is 1.73 bits per heavy atom. The van der Waals surface area contributed by atoms with E-state index in [4.69, 9.17) is 4.74 Å². The molecule has 5 nitrogen and oxygen atoms in total. The van der Waals surface area contributed by atoms with Crippen LogP contribution in [-0.4, -0.2) is 55.7 Å². The van der Waals surface area contributed by atoms with Gasteiger partial charge in [0.15, 0.2) is 0 Å². The van der Waals surface area contributed by atoms with E-state index in [9.17, 15) is 4.79 Å². The molecule has 3 aromatic rings. The molecule has 1 aliphatic carbocycles. The summed E-state index contributed by atoms with van der Waals surface area (Å²) in [6.45, 7) is 2.80. The van der Waals surface area contributed by atoms with Crippen molar-refractivity contribution in [2.24, 2.45) is 0 Å². The molecule has 0 unspecified atom stereocenters. The number of hydrogen-bond acceptors (Lipinski definition) is 4. The first-order valence-electron chi connectivity index (χ1n) is 12.0. The number of hydrogen-bond donors (Lipinski definition) is 2. The lowest BCUT2D eigenvalue weighted by molar-refractivity contribution is -0.126. The van der Waals surface area contributed by atoms with Gasteiger partial charge in [0.2, 0.25) is 5.91 Å². The number of amides is 1. The van der Waals surface area contributed by atoms with Crippen molar-refractivity contribution in [1.29, 1.82) is 0 Å². The summed E-state index contributed by atoms with van der Waals surface area (Å²) in [6, 6.07) is 24.4. The molecule has 1 saturated heterocycles. The summed E-state index contributed by atoms with van der Waals surface area (Å²) < 4.78 is 5.12. The molecule has 0 aromatic heterocycles. The van der Waals surface area contributed by atoms with E-state index in [1.807, 2.05) is 0 Å². The quantitative estimate of drug-likeness (QED) is 0.525. The van der Waals surface area contributed by atoms with E-state index < -0.39 is 0 Å². The van der Waals surface area contributed by atoms with E-state index in [1.54, 1.807) is 7.11 Å². The van der Waals surface area contributed by atoms with E-state index in [0.717, 1.165) is 32.4 Å². The zero-order valence-corrected chi connectivity index (χ0v) is 19.3. The summed E-state index contributed by atoms with van der Waals surface area (Å²) in [6.07, 6.45) is 2.88. The van der Waals surface area contributed by atoms with Gasteiger partial charge >= 0.3 is 0 Å². The van der Waals surface area contributed by atoms with Crippen molar-refractivity contribution < 1.29 is 9.53 Å². The summed E-state index contributed by atoms with van der Waals surface area (Å²) in [5.74, 6) is 0.123. The van der Waals surface area contributed by atoms with Gasteiger partial charge in [0, 0.05) is 38.8 Å². The van der Waals surface area contributed by atoms with Gasteiger partial charge in [-0.25, -0.2) is 0 Å². The molecule has 0 saturated carbocycles. The van der Waals surface area contributed by atoms with Crippen LogP contribution in [0.2, 0.25) is 0 Å². The zero-order valence-electron chi connectivity index (χ0n) is 19.3. The lowest BCUT2D eigenvalue weighted by Crippen LogP contribution is -2.48. The number of likely N-dealkylation sites (tertiary alicyclic amines) is 1. The Morgan fingerprint density at radius 1 is 1.00 bits per heavy atom. The van der Waals surface area contributed by atoms with Crippen LogP contribution in [0.3, 0.4) is 0 Å². The van der Waals surface area contributed by atoms with Crippen LogP contribution in [-0.2, 0) is 28.9 Å². The minimum atomic E-state index is -0.102. The van der Waals surface area contributed by atoms with Crippen molar-refractivity contribution in [2.45, 2.75) is 43.9 Å². The van der Waals surface area contributed by atoms with Crippen LogP contribution < -0.4 is 10.6 Å². The lowest BCUT2D eigenvalue weighted by Gasteiger charge is -2.29. The molecule has 2 aliphatic rings. The molecule has 2 N–H and O–H groups in total. The molecule has 0 radical (unpaired) electrons. The summed E-state index contributed by atoms with van der Waals surface area (Å²) in [5.41, 5.74) is 4.13. The van der Waals surface area contributed by atoms with Gasteiger partial charge < -0.3 is 15.4 Å². The van der Waals surface area contributed by atoms with Gasteiger partial charge in [0.25, 0.3) is 0 Å². The average Bonchev–Trinajstić information content (AvgIpc) is 3.47. The Bertz CT molecular complexity index is 1090. The zero-order chi connectivity index (χ0) is 22.6. The van der Waals surface area contributed by atoms with Gasteiger partial charge in [0.05, 0.1) is 12.6 Å². The van der Waals surface area contributed by atoms with Crippen molar-refractivity contribution in [2.75, 3.05) is 26.8 Å². The molecule has 172 valence electrons. The maximum absolute atomic E-state index is 13.1.